The smallest absolute Gasteiger partial charge is 0.234 e. The van der Waals surface area contributed by atoms with Gasteiger partial charge in [-0.15, -0.1) is 11.3 Å². The van der Waals surface area contributed by atoms with Crippen molar-refractivity contribution in [3.05, 3.63) is 21.9 Å². The van der Waals surface area contributed by atoms with Gasteiger partial charge in [0, 0.05) is 18.0 Å². The molecule has 4 rings (SSSR count). The normalized spacial score (nSPS) is 40.5. The third-order valence-electron chi connectivity index (χ3n) is 6.75. The van der Waals surface area contributed by atoms with Crippen LogP contribution in [0.1, 0.15) is 43.6 Å². The molecule has 1 aromatic heterocycles. The number of likely N-dealkylation sites (tertiary alicyclic amines) is 1. The Morgan fingerprint density at radius 3 is 2.17 bits per heavy atom. The molecule has 1 unspecified atom stereocenters. The van der Waals surface area contributed by atoms with E-state index in [2.05, 4.69) is 32.2 Å². The monoisotopic (exact) mass is 349 g/mol. The molecular weight excluding hydrogens is 322 g/mol. The van der Waals surface area contributed by atoms with E-state index in [0.29, 0.717) is 24.7 Å². The Bertz CT molecular complexity index is 651. The van der Waals surface area contributed by atoms with Crippen LogP contribution in [0.2, 0.25) is 0 Å². The number of aliphatic hydroxyl groups is 2. The Kier molecular flexibility index (Phi) is 3.65. The van der Waals surface area contributed by atoms with E-state index in [9.17, 15) is 15.0 Å². The highest BCUT2D eigenvalue weighted by Gasteiger charge is 2.69. The average Bonchev–Trinajstić information content (AvgIpc) is 2.85. The van der Waals surface area contributed by atoms with Gasteiger partial charge in [-0.05, 0) is 60.4 Å². The lowest BCUT2D eigenvalue weighted by atomic mass is 9.79. The molecule has 24 heavy (non-hydrogen) atoms. The molecule has 2 N–H and O–H groups in total. The first-order chi connectivity index (χ1) is 11.3. The summed E-state index contributed by atoms with van der Waals surface area (Å²) in [4.78, 5) is 16.8. The van der Waals surface area contributed by atoms with E-state index in [1.165, 1.54) is 10.4 Å². The topological polar surface area (TPSA) is 60.8 Å². The second kappa shape index (κ2) is 5.29. The van der Waals surface area contributed by atoms with Gasteiger partial charge in [0.25, 0.3) is 0 Å². The van der Waals surface area contributed by atoms with Crippen LogP contribution >= 0.6 is 11.3 Å². The van der Waals surface area contributed by atoms with Gasteiger partial charge in [-0.2, -0.15) is 0 Å². The van der Waals surface area contributed by atoms with Crippen molar-refractivity contribution in [2.75, 3.05) is 13.1 Å². The number of amides is 1. The van der Waals surface area contributed by atoms with Crippen LogP contribution in [-0.2, 0) is 10.2 Å². The van der Waals surface area contributed by atoms with Gasteiger partial charge in [0.2, 0.25) is 5.91 Å². The molecule has 2 saturated carbocycles. The summed E-state index contributed by atoms with van der Waals surface area (Å²) in [6.07, 6.45) is 0.880. The van der Waals surface area contributed by atoms with E-state index < -0.39 is 12.2 Å². The maximum Gasteiger partial charge on any atom is 0.234 e. The molecule has 2 aliphatic carbocycles. The molecule has 5 atom stereocenters. The Labute approximate surface area is 147 Å². The molecule has 4 nitrogen and oxygen atoms in total. The number of carbonyl (C=O) groups is 1. The quantitative estimate of drug-likeness (QED) is 0.861. The highest BCUT2D eigenvalue weighted by molar-refractivity contribution is 7.10. The van der Waals surface area contributed by atoms with Crippen molar-refractivity contribution in [2.24, 2.45) is 17.3 Å². The van der Waals surface area contributed by atoms with E-state index in [1.54, 1.807) is 11.3 Å². The fraction of sp³-hybridized carbons (Fsp3) is 0.737. The van der Waals surface area contributed by atoms with E-state index in [-0.39, 0.29) is 16.7 Å². The van der Waals surface area contributed by atoms with Gasteiger partial charge in [0.15, 0.2) is 0 Å². The molecular formula is C19H27NO3S. The number of rotatable bonds is 2. The SMILES string of the molecule is Cc1ccsc1C1(C(=O)N2C[C@H]3C[C@H](O)[C@@H](O)C[C@H]3C2)CC1(C)C. The Morgan fingerprint density at radius 1 is 1.21 bits per heavy atom. The van der Waals surface area contributed by atoms with Crippen LogP contribution < -0.4 is 0 Å². The molecule has 1 aromatic rings. The van der Waals surface area contributed by atoms with Crippen molar-refractivity contribution in [1.29, 1.82) is 0 Å². The minimum atomic E-state index is -0.632. The van der Waals surface area contributed by atoms with Crippen LogP contribution in [0.5, 0.6) is 0 Å². The Hall–Kier alpha value is -0.910. The van der Waals surface area contributed by atoms with Crippen LogP contribution in [0, 0.1) is 24.2 Å². The van der Waals surface area contributed by atoms with Crippen molar-refractivity contribution >= 4 is 17.2 Å². The summed E-state index contributed by atoms with van der Waals surface area (Å²) < 4.78 is 0. The van der Waals surface area contributed by atoms with Gasteiger partial charge in [0.1, 0.15) is 0 Å². The van der Waals surface area contributed by atoms with Gasteiger partial charge in [-0.1, -0.05) is 13.8 Å². The van der Waals surface area contributed by atoms with Crippen molar-refractivity contribution in [2.45, 2.75) is 57.7 Å². The van der Waals surface area contributed by atoms with Crippen LogP contribution in [0.25, 0.3) is 0 Å². The second-order valence-electron chi connectivity index (χ2n) is 8.74. The lowest BCUT2D eigenvalue weighted by Crippen LogP contribution is -2.40. The summed E-state index contributed by atoms with van der Waals surface area (Å²) >= 11 is 1.71. The molecule has 0 radical (unpaired) electrons. The fourth-order valence-electron chi connectivity index (χ4n) is 5.12. The van der Waals surface area contributed by atoms with Crippen molar-refractivity contribution in [3.63, 3.8) is 0 Å². The summed E-state index contributed by atoms with van der Waals surface area (Å²) in [7, 11) is 0. The zero-order chi connectivity index (χ0) is 17.3. The highest BCUT2D eigenvalue weighted by atomic mass is 32.1. The van der Waals surface area contributed by atoms with Crippen LogP contribution in [0.4, 0.5) is 0 Å². The first kappa shape index (κ1) is 16.6. The number of hydrogen-bond acceptors (Lipinski definition) is 4. The number of fused-ring (bicyclic) bond motifs is 1. The molecule has 5 heteroatoms. The molecule has 132 valence electrons. The third-order valence-corrected chi connectivity index (χ3v) is 7.93. The fourth-order valence-corrected chi connectivity index (χ4v) is 6.42. The summed E-state index contributed by atoms with van der Waals surface area (Å²) in [5.41, 5.74) is 0.865. The van der Waals surface area contributed by atoms with Gasteiger partial charge < -0.3 is 15.1 Å². The lowest BCUT2D eigenvalue weighted by Gasteiger charge is -2.31. The Morgan fingerprint density at radius 2 is 1.75 bits per heavy atom. The minimum Gasteiger partial charge on any atom is -0.390 e. The van der Waals surface area contributed by atoms with Gasteiger partial charge in [0.05, 0.1) is 17.6 Å². The molecule has 0 spiro atoms. The highest BCUT2D eigenvalue weighted by Crippen LogP contribution is 2.67. The Balaban J connectivity index is 1.59. The second-order valence-corrected chi connectivity index (χ2v) is 9.65. The molecule has 3 aliphatic rings. The van der Waals surface area contributed by atoms with Gasteiger partial charge in [-0.25, -0.2) is 0 Å². The van der Waals surface area contributed by atoms with E-state index >= 15 is 0 Å². The summed E-state index contributed by atoms with van der Waals surface area (Å²) in [6.45, 7) is 7.96. The third kappa shape index (κ3) is 2.21. The number of carbonyl (C=O) groups excluding carboxylic acids is 1. The molecule has 1 saturated heterocycles. The predicted octanol–water partition coefficient (Wildman–Crippen LogP) is 2.31. The van der Waals surface area contributed by atoms with E-state index in [1.807, 2.05) is 4.90 Å². The molecule has 0 bridgehead atoms. The number of aliphatic hydroxyl groups excluding tert-OH is 2. The number of aryl methyl sites for hydroxylation is 1. The zero-order valence-electron chi connectivity index (χ0n) is 14.7. The number of nitrogens with zero attached hydrogens (tertiary/aromatic N) is 1. The first-order valence-electron chi connectivity index (χ1n) is 8.96. The molecule has 1 aliphatic heterocycles. The maximum atomic E-state index is 13.5. The summed E-state index contributed by atoms with van der Waals surface area (Å²) in [5, 5.41) is 22.0. The predicted molar refractivity (Wildman–Crippen MR) is 93.9 cm³/mol. The summed E-state index contributed by atoms with van der Waals surface area (Å²) in [5.74, 6) is 0.919. The number of hydrogen-bond donors (Lipinski definition) is 2. The largest absolute Gasteiger partial charge is 0.390 e. The molecule has 2 heterocycles. The van der Waals surface area contributed by atoms with Crippen LogP contribution in [0.3, 0.4) is 0 Å². The van der Waals surface area contributed by atoms with Crippen molar-refractivity contribution < 1.29 is 15.0 Å². The first-order valence-corrected chi connectivity index (χ1v) is 9.84. The van der Waals surface area contributed by atoms with E-state index in [0.717, 1.165) is 19.5 Å². The standard InChI is InChI=1S/C19H27NO3S/c1-11-4-5-24-16(11)19(10-18(19,2)3)17(23)20-8-12-6-14(21)15(22)7-13(12)9-20/h4-5,12-15,21-22H,6-10H2,1-3H3/t12-,13+,14-,15-,19?/m0/s1. The molecule has 1 amide bonds. The molecule has 0 aromatic carbocycles. The average molecular weight is 349 g/mol. The maximum absolute atomic E-state index is 13.5. The molecule has 3 fully saturated rings. The van der Waals surface area contributed by atoms with Gasteiger partial charge in [-0.3, -0.25) is 4.79 Å². The van der Waals surface area contributed by atoms with Crippen LogP contribution in [-0.4, -0.2) is 46.3 Å². The lowest BCUT2D eigenvalue weighted by molar-refractivity contribution is -0.134. The zero-order valence-corrected chi connectivity index (χ0v) is 15.5. The van der Waals surface area contributed by atoms with Crippen LogP contribution in [0.15, 0.2) is 11.4 Å². The van der Waals surface area contributed by atoms with E-state index in [4.69, 9.17) is 0 Å². The minimum absolute atomic E-state index is 0.00644. The number of thiophene rings is 1. The van der Waals surface area contributed by atoms with Crippen molar-refractivity contribution in [1.82, 2.24) is 4.90 Å². The van der Waals surface area contributed by atoms with Crippen molar-refractivity contribution in [3.8, 4) is 0 Å². The summed E-state index contributed by atoms with van der Waals surface area (Å²) in [6, 6.07) is 2.11. The van der Waals surface area contributed by atoms with Gasteiger partial charge >= 0.3 is 0 Å².